The second kappa shape index (κ2) is 12.5. The van der Waals surface area contributed by atoms with E-state index in [1.54, 1.807) is 18.2 Å². The fourth-order valence-electron chi connectivity index (χ4n) is 5.15. The average Bonchev–Trinajstić information content (AvgIpc) is 2.94. The highest BCUT2D eigenvalue weighted by molar-refractivity contribution is 6.30. The molecule has 0 saturated carbocycles. The zero-order chi connectivity index (χ0) is 27.4. The lowest BCUT2D eigenvalue weighted by atomic mass is 9.96. The fraction of sp³-hybridized carbons (Fsp3) is 0.448. The second-order valence-corrected chi connectivity index (χ2v) is 10.5. The summed E-state index contributed by atoms with van der Waals surface area (Å²) in [6, 6.07) is 9.07. The minimum Gasteiger partial charge on any atom is -0.507 e. The van der Waals surface area contributed by atoms with E-state index in [1.165, 1.54) is 0 Å². The van der Waals surface area contributed by atoms with Crippen molar-refractivity contribution in [3.63, 3.8) is 0 Å². The molecule has 10 heteroatoms. The molecule has 2 saturated heterocycles. The third-order valence-corrected chi connectivity index (χ3v) is 7.67. The SMILES string of the molecule is Cc1c(CN2CCOCC2)c(=O)oc2c(CN3CCOCC3)cc(CC(=O)NCc3ccc(Cl)cc3)c(O)c12. The maximum Gasteiger partial charge on any atom is 0.341 e. The molecule has 2 aliphatic heterocycles. The van der Waals surface area contributed by atoms with Gasteiger partial charge < -0.3 is 24.3 Å². The number of rotatable bonds is 8. The first-order valence-electron chi connectivity index (χ1n) is 13.3. The van der Waals surface area contributed by atoms with Crippen LogP contribution in [0.25, 0.3) is 11.0 Å². The summed E-state index contributed by atoms with van der Waals surface area (Å²) in [5.41, 5.74) is 3.35. The van der Waals surface area contributed by atoms with Gasteiger partial charge in [-0.2, -0.15) is 0 Å². The Balaban J connectivity index is 1.47. The smallest absolute Gasteiger partial charge is 0.341 e. The molecule has 3 aromatic rings. The number of benzene rings is 2. The number of halogens is 1. The second-order valence-electron chi connectivity index (χ2n) is 10.1. The summed E-state index contributed by atoms with van der Waals surface area (Å²) in [6.45, 7) is 8.55. The number of aromatic hydroxyl groups is 1. The van der Waals surface area contributed by atoms with E-state index in [2.05, 4.69) is 15.1 Å². The number of phenols is 1. The molecule has 3 heterocycles. The molecule has 0 atom stereocenters. The van der Waals surface area contributed by atoms with Gasteiger partial charge in [0.25, 0.3) is 0 Å². The molecule has 2 fully saturated rings. The van der Waals surface area contributed by atoms with Gasteiger partial charge in [0.05, 0.1) is 43.8 Å². The normalized spacial score (nSPS) is 17.0. The summed E-state index contributed by atoms with van der Waals surface area (Å²) in [5.74, 6) is -0.248. The van der Waals surface area contributed by atoms with E-state index in [0.717, 1.165) is 37.3 Å². The molecule has 0 aliphatic carbocycles. The van der Waals surface area contributed by atoms with Crippen LogP contribution < -0.4 is 10.9 Å². The molecule has 2 N–H and O–H groups in total. The van der Waals surface area contributed by atoms with Crippen LogP contribution in [-0.2, 0) is 40.3 Å². The minimum absolute atomic E-state index is 0.0111. The van der Waals surface area contributed by atoms with E-state index in [4.69, 9.17) is 25.5 Å². The van der Waals surface area contributed by atoms with Crippen molar-refractivity contribution in [2.45, 2.75) is 33.0 Å². The molecule has 1 amide bonds. The van der Waals surface area contributed by atoms with E-state index in [0.29, 0.717) is 78.7 Å². The molecule has 2 aromatic carbocycles. The molecule has 0 spiro atoms. The van der Waals surface area contributed by atoms with Crippen molar-refractivity contribution in [2.24, 2.45) is 0 Å². The third kappa shape index (κ3) is 6.62. The highest BCUT2D eigenvalue weighted by Gasteiger charge is 2.24. The number of phenolic OH excluding ortho intramolecular Hbond substituents is 1. The van der Waals surface area contributed by atoms with E-state index < -0.39 is 5.63 Å². The highest BCUT2D eigenvalue weighted by atomic mass is 35.5. The molecule has 0 radical (unpaired) electrons. The van der Waals surface area contributed by atoms with Crippen molar-refractivity contribution in [2.75, 3.05) is 52.6 Å². The molecule has 39 heavy (non-hydrogen) atoms. The molecule has 0 unspecified atom stereocenters. The van der Waals surface area contributed by atoms with Crippen LogP contribution in [0.2, 0.25) is 5.02 Å². The van der Waals surface area contributed by atoms with Gasteiger partial charge in [-0.1, -0.05) is 23.7 Å². The number of ether oxygens (including phenoxy) is 2. The first kappa shape index (κ1) is 27.6. The van der Waals surface area contributed by atoms with Crippen LogP contribution in [-0.4, -0.2) is 73.4 Å². The van der Waals surface area contributed by atoms with Gasteiger partial charge >= 0.3 is 5.63 Å². The van der Waals surface area contributed by atoms with Crippen LogP contribution in [0.5, 0.6) is 5.75 Å². The van der Waals surface area contributed by atoms with Crippen molar-refractivity contribution < 1.29 is 23.8 Å². The van der Waals surface area contributed by atoms with Gasteiger partial charge in [0.2, 0.25) is 5.91 Å². The number of amides is 1. The monoisotopic (exact) mass is 555 g/mol. The average molecular weight is 556 g/mol. The summed E-state index contributed by atoms with van der Waals surface area (Å²) in [6.07, 6.45) is -0.0111. The van der Waals surface area contributed by atoms with Crippen molar-refractivity contribution >= 4 is 28.5 Å². The van der Waals surface area contributed by atoms with Crippen molar-refractivity contribution in [1.82, 2.24) is 15.1 Å². The lowest BCUT2D eigenvalue weighted by Gasteiger charge is -2.28. The van der Waals surface area contributed by atoms with Gasteiger partial charge in [-0.3, -0.25) is 14.6 Å². The lowest BCUT2D eigenvalue weighted by molar-refractivity contribution is -0.120. The zero-order valence-electron chi connectivity index (χ0n) is 22.1. The zero-order valence-corrected chi connectivity index (χ0v) is 22.9. The lowest BCUT2D eigenvalue weighted by Crippen LogP contribution is -2.37. The first-order valence-corrected chi connectivity index (χ1v) is 13.7. The van der Waals surface area contributed by atoms with Crippen LogP contribution >= 0.6 is 11.6 Å². The van der Waals surface area contributed by atoms with E-state index in [1.807, 2.05) is 19.1 Å². The number of fused-ring (bicyclic) bond motifs is 1. The molecular weight excluding hydrogens is 522 g/mol. The quantitative estimate of drug-likeness (QED) is 0.409. The highest BCUT2D eigenvalue weighted by Crippen LogP contribution is 2.36. The third-order valence-electron chi connectivity index (χ3n) is 7.41. The fourth-order valence-corrected chi connectivity index (χ4v) is 5.28. The molecule has 1 aromatic heterocycles. The van der Waals surface area contributed by atoms with E-state index in [9.17, 15) is 14.7 Å². The van der Waals surface area contributed by atoms with Crippen molar-refractivity contribution in [3.8, 4) is 5.75 Å². The molecule has 2 aliphatic rings. The predicted octanol–water partition coefficient (Wildman–Crippen LogP) is 2.98. The Hall–Kier alpha value is -2.95. The number of nitrogens with zero attached hydrogens (tertiary/aromatic N) is 2. The van der Waals surface area contributed by atoms with Crippen molar-refractivity contribution in [3.05, 3.63) is 73.6 Å². The number of nitrogens with one attached hydrogen (secondary N) is 1. The summed E-state index contributed by atoms with van der Waals surface area (Å²) >= 11 is 5.96. The van der Waals surface area contributed by atoms with Crippen LogP contribution in [0.1, 0.15) is 27.8 Å². The number of morpholine rings is 2. The van der Waals surface area contributed by atoms with E-state index >= 15 is 0 Å². The van der Waals surface area contributed by atoms with Crippen LogP contribution in [0.3, 0.4) is 0 Å². The number of hydrogen-bond donors (Lipinski definition) is 2. The Labute approximate surface area is 232 Å². The van der Waals surface area contributed by atoms with Gasteiger partial charge in [-0.25, -0.2) is 4.79 Å². The Bertz CT molecular complexity index is 1380. The number of carbonyl (C=O) groups excluding carboxylic acids is 1. The minimum atomic E-state index is -0.400. The van der Waals surface area contributed by atoms with Gasteiger partial charge in [0, 0.05) is 62.0 Å². The van der Waals surface area contributed by atoms with Crippen molar-refractivity contribution in [1.29, 1.82) is 0 Å². The van der Waals surface area contributed by atoms with Crippen LogP contribution in [0, 0.1) is 6.92 Å². The standard InChI is InChI=1S/C29H34ClN3O6/c1-19-24(18-33-8-12-38-13-9-33)29(36)39-28-22(17-32-6-10-37-11-7-32)14-21(27(35)26(19)28)15-25(34)31-16-20-2-4-23(30)5-3-20/h2-5,14,35H,6-13,15-18H2,1H3,(H,31,34). The Kier molecular flexibility index (Phi) is 8.84. The maximum absolute atomic E-state index is 13.2. The largest absolute Gasteiger partial charge is 0.507 e. The summed E-state index contributed by atoms with van der Waals surface area (Å²) < 4.78 is 16.8. The molecule has 0 bridgehead atoms. The Morgan fingerprint density at radius 2 is 1.59 bits per heavy atom. The predicted molar refractivity (Wildman–Crippen MR) is 148 cm³/mol. The Morgan fingerprint density at radius 3 is 2.23 bits per heavy atom. The summed E-state index contributed by atoms with van der Waals surface area (Å²) in [4.78, 5) is 30.5. The number of aryl methyl sites for hydroxylation is 1. The van der Waals surface area contributed by atoms with Crippen LogP contribution in [0.4, 0.5) is 0 Å². The Morgan fingerprint density at radius 1 is 0.974 bits per heavy atom. The molecular formula is C29H34ClN3O6. The molecule has 5 rings (SSSR count). The number of hydrogen-bond acceptors (Lipinski definition) is 8. The number of carbonyl (C=O) groups is 1. The van der Waals surface area contributed by atoms with Gasteiger partial charge in [-0.15, -0.1) is 0 Å². The maximum atomic E-state index is 13.2. The molecule has 9 nitrogen and oxygen atoms in total. The van der Waals surface area contributed by atoms with E-state index in [-0.39, 0.29) is 18.1 Å². The van der Waals surface area contributed by atoms with Gasteiger partial charge in [0.1, 0.15) is 11.3 Å². The first-order chi connectivity index (χ1) is 18.9. The van der Waals surface area contributed by atoms with Gasteiger partial charge in [0.15, 0.2) is 0 Å². The summed E-state index contributed by atoms with van der Waals surface area (Å²) in [5, 5.41) is 15.5. The van der Waals surface area contributed by atoms with Crippen LogP contribution in [0.15, 0.2) is 39.5 Å². The molecule has 208 valence electrons. The topological polar surface area (TPSA) is 104 Å². The van der Waals surface area contributed by atoms with Gasteiger partial charge in [-0.05, 0) is 36.2 Å². The summed E-state index contributed by atoms with van der Waals surface area (Å²) in [7, 11) is 0.